The van der Waals surface area contributed by atoms with Gasteiger partial charge in [0.2, 0.25) is 5.91 Å². The van der Waals surface area contributed by atoms with Crippen molar-refractivity contribution in [1.82, 2.24) is 9.80 Å². The second-order valence-corrected chi connectivity index (χ2v) is 9.56. The lowest BCUT2D eigenvalue weighted by atomic mass is 9.73. The van der Waals surface area contributed by atoms with Gasteiger partial charge < -0.3 is 25.0 Å². The standard InChI is InChI=1S/C28H31N3O4/c1-35-23-8-4-7-22(15-23)29-28(34)30-16-24-27(25(18-32)31(24)26(33)17-30)21-13-11-20(12-14-21)10-9-19-5-2-3-6-19/h4,7-8,11-15,19,24-25,27,32H,2-3,5-6,16-18H2,1H3,(H,29,34)/t24-,25-,27+/m0/s1. The first-order chi connectivity index (χ1) is 17.1. The topological polar surface area (TPSA) is 82.1 Å². The van der Waals surface area contributed by atoms with E-state index in [0.717, 1.165) is 11.1 Å². The molecule has 2 aromatic carbocycles. The SMILES string of the molecule is COc1cccc(NC(=O)N2CC(=O)N3[C@@H](CO)[C@H](c4ccc(C#CC5CCCC5)cc4)[C@@H]3C2)c1. The van der Waals surface area contributed by atoms with Crippen molar-refractivity contribution in [2.45, 2.75) is 43.7 Å². The molecule has 7 heteroatoms. The third-order valence-electron chi connectivity index (χ3n) is 7.43. The average Bonchev–Trinajstić information content (AvgIpc) is 3.38. The number of carbonyl (C=O) groups excluding carboxylic acids is 2. The number of piperazine rings is 1. The number of fused-ring (bicyclic) bond motifs is 1. The normalized spacial score (nSPS) is 23.7. The van der Waals surface area contributed by atoms with Gasteiger partial charge in [-0.3, -0.25) is 4.79 Å². The van der Waals surface area contributed by atoms with Crippen molar-refractivity contribution < 1.29 is 19.4 Å². The molecule has 1 aliphatic carbocycles. The number of anilines is 1. The first kappa shape index (κ1) is 23.3. The van der Waals surface area contributed by atoms with E-state index in [1.807, 2.05) is 24.3 Å². The summed E-state index contributed by atoms with van der Waals surface area (Å²) in [5, 5.41) is 12.9. The van der Waals surface area contributed by atoms with Crippen LogP contribution in [0.3, 0.4) is 0 Å². The molecule has 0 unspecified atom stereocenters. The number of ether oxygens (including phenoxy) is 1. The van der Waals surface area contributed by atoms with Crippen molar-refractivity contribution in [3.63, 3.8) is 0 Å². The summed E-state index contributed by atoms with van der Waals surface area (Å²) < 4.78 is 5.22. The highest BCUT2D eigenvalue weighted by Gasteiger charge is 2.54. The van der Waals surface area contributed by atoms with Gasteiger partial charge >= 0.3 is 6.03 Å². The fourth-order valence-corrected chi connectivity index (χ4v) is 5.60. The lowest BCUT2D eigenvalue weighted by molar-refractivity contribution is -0.159. The molecule has 2 saturated heterocycles. The quantitative estimate of drug-likeness (QED) is 0.667. The molecule has 35 heavy (non-hydrogen) atoms. The largest absolute Gasteiger partial charge is 0.497 e. The summed E-state index contributed by atoms with van der Waals surface area (Å²) in [6.07, 6.45) is 4.93. The van der Waals surface area contributed by atoms with Gasteiger partial charge in [-0.2, -0.15) is 0 Å². The number of nitrogens with one attached hydrogen (secondary N) is 1. The number of carbonyl (C=O) groups is 2. The molecule has 3 amide bonds. The molecule has 2 N–H and O–H groups in total. The second kappa shape index (κ2) is 10.0. The number of rotatable bonds is 4. The lowest BCUT2D eigenvalue weighted by Crippen LogP contribution is -2.73. The third-order valence-corrected chi connectivity index (χ3v) is 7.43. The Morgan fingerprint density at radius 1 is 1.17 bits per heavy atom. The van der Waals surface area contributed by atoms with E-state index in [0.29, 0.717) is 23.9 Å². The van der Waals surface area contributed by atoms with Gasteiger partial charge in [0.05, 0.1) is 25.8 Å². The monoisotopic (exact) mass is 473 g/mol. The predicted octanol–water partition coefficient (Wildman–Crippen LogP) is 3.44. The number of benzene rings is 2. The van der Waals surface area contributed by atoms with E-state index >= 15 is 0 Å². The van der Waals surface area contributed by atoms with E-state index in [2.05, 4.69) is 17.2 Å². The van der Waals surface area contributed by atoms with Gasteiger partial charge in [0.15, 0.2) is 0 Å². The van der Waals surface area contributed by atoms with Gasteiger partial charge in [0.25, 0.3) is 0 Å². The molecule has 0 radical (unpaired) electrons. The molecule has 7 nitrogen and oxygen atoms in total. The second-order valence-electron chi connectivity index (χ2n) is 9.56. The van der Waals surface area contributed by atoms with E-state index in [9.17, 15) is 14.7 Å². The summed E-state index contributed by atoms with van der Waals surface area (Å²) >= 11 is 0. The Hall–Kier alpha value is -3.50. The van der Waals surface area contributed by atoms with Gasteiger partial charge in [-0.25, -0.2) is 4.79 Å². The molecular weight excluding hydrogens is 442 g/mol. The van der Waals surface area contributed by atoms with Crippen LogP contribution in [0.15, 0.2) is 48.5 Å². The van der Waals surface area contributed by atoms with Gasteiger partial charge in [0, 0.05) is 35.7 Å². The van der Waals surface area contributed by atoms with Crippen LogP contribution in [0.4, 0.5) is 10.5 Å². The molecule has 5 rings (SSSR count). The minimum Gasteiger partial charge on any atom is -0.497 e. The molecule has 3 atom stereocenters. The maximum absolute atomic E-state index is 12.9. The maximum atomic E-state index is 12.9. The van der Waals surface area contributed by atoms with Crippen LogP contribution in [0.25, 0.3) is 0 Å². The van der Waals surface area contributed by atoms with Gasteiger partial charge in [-0.05, 0) is 42.7 Å². The van der Waals surface area contributed by atoms with Crippen LogP contribution >= 0.6 is 0 Å². The Balaban J connectivity index is 1.29. The first-order valence-corrected chi connectivity index (χ1v) is 12.3. The summed E-state index contributed by atoms with van der Waals surface area (Å²) in [7, 11) is 1.57. The lowest BCUT2D eigenvalue weighted by Gasteiger charge is -2.58. The molecule has 0 aromatic heterocycles. The van der Waals surface area contributed by atoms with E-state index in [4.69, 9.17) is 4.74 Å². The molecule has 2 aliphatic heterocycles. The minimum absolute atomic E-state index is 0.00871. The van der Waals surface area contributed by atoms with Gasteiger partial charge in [-0.1, -0.05) is 42.9 Å². The fourth-order valence-electron chi connectivity index (χ4n) is 5.60. The third kappa shape index (κ3) is 4.71. The first-order valence-electron chi connectivity index (χ1n) is 12.3. The summed E-state index contributed by atoms with van der Waals surface area (Å²) in [5.74, 6) is 7.66. The van der Waals surface area contributed by atoms with Crippen LogP contribution in [-0.4, -0.2) is 65.7 Å². The van der Waals surface area contributed by atoms with E-state index < -0.39 is 0 Å². The number of methoxy groups -OCH3 is 1. The van der Waals surface area contributed by atoms with Crippen LogP contribution in [0.1, 0.15) is 42.7 Å². The Morgan fingerprint density at radius 2 is 1.94 bits per heavy atom. The average molecular weight is 474 g/mol. The van der Waals surface area contributed by atoms with Gasteiger partial charge in [0.1, 0.15) is 12.3 Å². The molecule has 0 bridgehead atoms. The summed E-state index contributed by atoms with van der Waals surface area (Å²) in [5.41, 5.74) is 2.65. The molecule has 1 saturated carbocycles. The molecule has 3 fully saturated rings. The highest BCUT2D eigenvalue weighted by atomic mass is 16.5. The molecule has 0 spiro atoms. The Kier molecular flexibility index (Phi) is 6.65. The number of hydrogen-bond donors (Lipinski definition) is 2. The number of hydrogen-bond acceptors (Lipinski definition) is 4. The van der Waals surface area contributed by atoms with Crippen LogP contribution < -0.4 is 10.1 Å². The maximum Gasteiger partial charge on any atom is 0.322 e. The molecule has 2 heterocycles. The fraction of sp³-hybridized carbons (Fsp3) is 0.429. The van der Waals surface area contributed by atoms with E-state index in [1.165, 1.54) is 25.7 Å². The summed E-state index contributed by atoms with van der Waals surface area (Å²) in [4.78, 5) is 29.1. The number of amides is 3. The zero-order valence-electron chi connectivity index (χ0n) is 19.9. The number of urea groups is 1. The molecule has 182 valence electrons. The Bertz CT molecular complexity index is 1150. The highest BCUT2D eigenvalue weighted by molar-refractivity contribution is 5.94. The number of aliphatic hydroxyl groups excluding tert-OH is 1. The van der Waals surface area contributed by atoms with Crippen LogP contribution in [0.5, 0.6) is 5.75 Å². The Labute approximate surface area is 206 Å². The van der Waals surface area contributed by atoms with Gasteiger partial charge in [-0.15, -0.1) is 0 Å². The minimum atomic E-state index is -0.324. The molecular formula is C28H31N3O4. The van der Waals surface area contributed by atoms with Crippen LogP contribution in [0.2, 0.25) is 0 Å². The summed E-state index contributed by atoms with van der Waals surface area (Å²) in [6, 6.07) is 14.5. The molecule has 2 aromatic rings. The molecule has 3 aliphatic rings. The van der Waals surface area contributed by atoms with Crippen LogP contribution in [0, 0.1) is 17.8 Å². The van der Waals surface area contributed by atoms with E-state index in [-0.39, 0.29) is 43.1 Å². The zero-order chi connectivity index (χ0) is 24.4. The van der Waals surface area contributed by atoms with Crippen LogP contribution in [-0.2, 0) is 4.79 Å². The van der Waals surface area contributed by atoms with Crippen molar-refractivity contribution >= 4 is 17.6 Å². The Morgan fingerprint density at radius 3 is 2.66 bits per heavy atom. The van der Waals surface area contributed by atoms with Crippen molar-refractivity contribution in [2.75, 3.05) is 32.1 Å². The van der Waals surface area contributed by atoms with Crippen molar-refractivity contribution in [1.29, 1.82) is 0 Å². The predicted molar refractivity (Wildman–Crippen MR) is 133 cm³/mol. The number of nitrogens with zero attached hydrogens (tertiary/aromatic N) is 2. The number of aliphatic hydroxyl groups is 1. The van der Waals surface area contributed by atoms with Crippen molar-refractivity contribution in [2.24, 2.45) is 5.92 Å². The zero-order valence-corrected chi connectivity index (χ0v) is 19.9. The summed E-state index contributed by atoms with van der Waals surface area (Å²) in [6.45, 7) is 0.295. The smallest absolute Gasteiger partial charge is 0.322 e. The van der Waals surface area contributed by atoms with Crippen molar-refractivity contribution in [3.05, 3.63) is 59.7 Å². The highest BCUT2D eigenvalue weighted by Crippen LogP contribution is 2.43. The van der Waals surface area contributed by atoms with E-state index in [1.54, 1.807) is 41.2 Å². The van der Waals surface area contributed by atoms with Crippen molar-refractivity contribution in [3.8, 4) is 17.6 Å².